The van der Waals surface area contributed by atoms with Gasteiger partial charge in [0.15, 0.2) is 0 Å². The van der Waals surface area contributed by atoms with Gasteiger partial charge in [0.2, 0.25) is 0 Å². The fraction of sp³-hybridized carbons (Fsp3) is 0.280. The highest BCUT2D eigenvalue weighted by atomic mass is 14.2. The van der Waals surface area contributed by atoms with E-state index >= 15 is 0 Å². The molecule has 0 saturated heterocycles. The summed E-state index contributed by atoms with van der Waals surface area (Å²) in [6.07, 6.45) is 3.64. The second kappa shape index (κ2) is 8.16. The summed E-state index contributed by atoms with van der Waals surface area (Å²) in [4.78, 5) is 0. The van der Waals surface area contributed by atoms with Crippen LogP contribution in [0.5, 0.6) is 0 Å². The molecule has 128 valence electrons. The molecule has 0 fully saturated rings. The molecule has 0 aliphatic rings. The van der Waals surface area contributed by atoms with E-state index in [0.29, 0.717) is 5.92 Å². The van der Waals surface area contributed by atoms with Crippen molar-refractivity contribution in [1.82, 2.24) is 0 Å². The zero-order valence-electron chi connectivity index (χ0n) is 15.6. The second-order valence-electron chi connectivity index (χ2n) is 6.97. The van der Waals surface area contributed by atoms with Crippen LogP contribution in [-0.4, -0.2) is 0 Å². The second-order valence-corrected chi connectivity index (χ2v) is 6.97. The van der Waals surface area contributed by atoms with Gasteiger partial charge in [-0.25, -0.2) is 0 Å². The minimum Gasteiger partial charge on any atom is -0.0654 e. The number of rotatable bonds is 6. The zero-order chi connectivity index (χ0) is 17.6. The molecule has 0 heteroatoms. The first-order chi connectivity index (χ1) is 12.2. The predicted octanol–water partition coefficient (Wildman–Crippen LogP) is 7.16. The van der Waals surface area contributed by atoms with Crippen molar-refractivity contribution in [3.63, 3.8) is 0 Å². The summed E-state index contributed by atoms with van der Waals surface area (Å²) in [5.74, 6) is 0.406. The summed E-state index contributed by atoms with van der Waals surface area (Å²) in [6, 6.07) is 26.6. The van der Waals surface area contributed by atoms with Crippen molar-refractivity contribution in [2.75, 3.05) is 0 Å². The van der Waals surface area contributed by atoms with Crippen LogP contribution in [0.4, 0.5) is 0 Å². The largest absolute Gasteiger partial charge is 0.0654 e. The molecule has 0 aliphatic carbocycles. The molecule has 0 amide bonds. The Morgan fingerprint density at radius 2 is 1.48 bits per heavy atom. The Kier molecular flexibility index (Phi) is 5.71. The lowest BCUT2D eigenvalue weighted by atomic mass is 9.87. The van der Waals surface area contributed by atoms with Crippen molar-refractivity contribution >= 4 is 0 Å². The Morgan fingerprint density at radius 1 is 0.760 bits per heavy atom. The quantitative estimate of drug-likeness (QED) is 0.450. The van der Waals surface area contributed by atoms with Gasteiger partial charge < -0.3 is 0 Å². The molecule has 0 spiro atoms. The molecular weight excluding hydrogens is 300 g/mol. The van der Waals surface area contributed by atoms with Crippen LogP contribution in [0, 0.1) is 6.92 Å². The van der Waals surface area contributed by atoms with Crippen LogP contribution in [0.15, 0.2) is 72.8 Å². The fourth-order valence-electron chi connectivity index (χ4n) is 3.50. The van der Waals surface area contributed by atoms with E-state index in [0.717, 1.165) is 6.42 Å². The van der Waals surface area contributed by atoms with Gasteiger partial charge in [-0.2, -0.15) is 0 Å². The van der Waals surface area contributed by atoms with Crippen LogP contribution in [0.2, 0.25) is 0 Å². The Balaban J connectivity index is 2.01. The van der Waals surface area contributed by atoms with Gasteiger partial charge in [-0.1, -0.05) is 93.1 Å². The molecule has 3 aromatic carbocycles. The topological polar surface area (TPSA) is 0 Å². The van der Waals surface area contributed by atoms with Crippen molar-refractivity contribution in [2.45, 2.75) is 46.0 Å². The van der Waals surface area contributed by atoms with Crippen LogP contribution in [0.1, 0.15) is 54.9 Å². The Bertz CT molecular complexity index is 814. The van der Waals surface area contributed by atoms with E-state index in [1.165, 1.54) is 46.2 Å². The maximum absolute atomic E-state index is 2.40. The van der Waals surface area contributed by atoms with Gasteiger partial charge >= 0.3 is 0 Å². The number of unbranched alkanes of at least 4 members (excludes halogenated alkanes) is 1. The molecule has 0 bridgehead atoms. The molecule has 1 unspecified atom stereocenters. The van der Waals surface area contributed by atoms with E-state index in [1.807, 2.05) is 0 Å². The van der Waals surface area contributed by atoms with Crippen LogP contribution in [-0.2, 0) is 6.42 Å². The highest BCUT2D eigenvalue weighted by molar-refractivity contribution is 5.71. The van der Waals surface area contributed by atoms with Crippen molar-refractivity contribution in [1.29, 1.82) is 0 Å². The molecule has 0 heterocycles. The van der Waals surface area contributed by atoms with Crippen molar-refractivity contribution in [2.24, 2.45) is 0 Å². The summed E-state index contributed by atoms with van der Waals surface area (Å²) >= 11 is 0. The molecule has 1 atom stereocenters. The Hall–Kier alpha value is -2.34. The average molecular weight is 328 g/mol. The van der Waals surface area contributed by atoms with Crippen molar-refractivity contribution in [3.8, 4) is 11.1 Å². The summed E-state index contributed by atoms with van der Waals surface area (Å²) in [5.41, 5.74) is 8.36. The average Bonchev–Trinajstić information content (AvgIpc) is 2.67. The summed E-state index contributed by atoms with van der Waals surface area (Å²) in [5, 5.41) is 0. The van der Waals surface area contributed by atoms with E-state index in [-0.39, 0.29) is 0 Å². The van der Waals surface area contributed by atoms with E-state index in [9.17, 15) is 0 Å². The molecule has 3 rings (SSSR count). The van der Waals surface area contributed by atoms with Gasteiger partial charge in [-0.05, 0) is 53.1 Å². The van der Waals surface area contributed by atoms with Gasteiger partial charge in [-0.15, -0.1) is 0 Å². The van der Waals surface area contributed by atoms with Gasteiger partial charge in [-0.3, -0.25) is 0 Å². The normalized spacial score (nSPS) is 12.1. The Labute approximate surface area is 152 Å². The van der Waals surface area contributed by atoms with Crippen LogP contribution in [0.3, 0.4) is 0 Å². The fourth-order valence-corrected chi connectivity index (χ4v) is 3.50. The molecule has 0 aromatic heterocycles. The molecular formula is C25H28. The summed E-state index contributed by atoms with van der Waals surface area (Å²) in [6.45, 7) is 6.78. The minimum absolute atomic E-state index is 0.406. The van der Waals surface area contributed by atoms with Gasteiger partial charge in [0, 0.05) is 5.92 Å². The number of hydrogen-bond donors (Lipinski definition) is 0. The third-order valence-corrected chi connectivity index (χ3v) is 5.17. The lowest BCUT2D eigenvalue weighted by Gasteiger charge is -2.17. The molecule has 0 radical (unpaired) electrons. The number of benzene rings is 3. The molecule has 0 N–H and O–H groups in total. The molecule has 0 saturated carbocycles. The molecule has 25 heavy (non-hydrogen) atoms. The highest BCUT2D eigenvalue weighted by Crippen LogP contribution is 2.32. The lowest BCUT2D eigenvalue weighted by molar-refractivity contribution is 0.796. The highest BCUT2D eigenvalue weighted by Gasteiger charge is 2.12. The predicted molar refractivity (Wildman–Crippen MR) is 109 cm³/mol. The van der Waals surface area contributed by atoms with Crippen LogP contribution < -0.4 is 0 Å². The summed E-state index contributed by atoms with van der Waals surface area (Å²) < 4.78 is 0. The smallest absolute Gasteiger partial charge is 0.00612 e. The van der Waals surface area contributed by atoms with Crippen molar-refractivity contribution < 1.29 is 0 Å². The molecule has 0 aliphatic heterocycles. The monoisotopic (exact) mass is 328 g/mol. The van der Waals surface area contributed by atoms with Gasteiger partial charge in [0.05, 0.1) is 0 Å². The van der Waals surface area contributed by atoms with Crippen molar-refractivity contribution in [3.05, 3.63) is 95.1 Å². The van der Waals surface area contributed by atoms with E-state index in [4.69, 9.17) is 0 Å². The lowest BCUT2D eigenvalue weighted by Crippen LogP contribution is -1.98. The maximum atomic E-state index is 2.40. The first-order valence-corrected chi connectivity index (χ1v) is 9.44. The van der Waals surface area contributed by atoms with Gasteiger partial charge in [0.25, 0.3) is 0 Å². The maximum Gasteiger partial charge on any atom is 0.00612 e. The van der Waals surface area contributed by atoms with Crippen LogP contribution in [0.25, 0.3) is 11.1 Å². The van der Waals surface area contributed by atoms with E-state index in [2.05, 4.69) is 93.6 Å². The zero-order valence-corrected chi connectivity index (χ0v) is 15.6. The molecule has 0 nitrogen and oxygen atoms in total. The standard InChI is InChI=1S/C25H28/c1-4-5-11-22-14-9-10-15-24(22)25-18-23(17-16-19(25)2)20(3)21-12-7-6-8-13-21/h6-10,12-18,20H,4-5,11H2,1-3H3. The number of aryl methyl sites for hydroxylation is 2. The van der Waals surface area contributed by atoms with E-state index < -0.39 is 0 Å². The molecule has 3 aromatic rings. The SMILES string of the molecule is CCCCc1ccccc1-c1cc(C(C)c2ccccc2)ccc1C. The van der Waals surface area contributed by atoms with Crippen LogP contribution >= 0.6 is 0 Å². The van der Waals surface area contributed by atoms with Gasteiger partial charge in [0.1, 0.15) is 0 Å². The third kappa shape index (κ3) is 4.02. The Morgan fingerprint density at radius 3 is 2.24 bits per heavy atom. The minimum atomic E-state index is 0.406. The first-order valence-electron chi connectivity index (χ1n) is 9.44. The number of hydrogen-bond acceptors (Lipinski definition) is 0. The summed E-state index contributed by atoms with van der Waals surface area (Å²) in [7, 11) is 0. The van der Waals surface area contributed by atoms with E-state index in [1.54, 1.807) is 0 Å². The third-order valence-electron chi connectivity index (χ3n) is 5.17. The first kappa shape index (κ1) is 17.5.